The first-order valence-corrected chi connectivity index (χ1v) is 8.10. The smallest absolute Gasteiger partial charge is 0.360 e. The van der Waals surface area contributed by atoms with Crippen molar-refractivity contribution in [2.75, 3.05) is 5.32 Å². The lowest BCUT2D eigenvalue weighted by molar-refractivity contribution is -0.142. The molecule has 3 rings (SSSR count). The van der Waals surface area contributed by atoms with Crippen molar-refractivity contribution >= 4 is 11.6 Å². The van der Waals surface area contributed by atoms with Gasteiger partial charge in [0, 0.05) is 23.7 Å². The Bertz CT molecular complexity index is 997. The molecule has 0 saturated heterocycles. The molecule has 1 amide bonds. The Labute approximate surface area is 152 Å². The maximum absolute atomic E-state index is 12.7. The van der Waals surface area contributed by atoms with Crippen LogP contribution in [0.4, 0.5) is 18.9 Å². The fourth-order valence-corrected chi connectivity index (χ4v) is 2.90. The molecule has 1 N–H and O–H groups in total. The van der Waals surface area contributed by atoms with Crippen LogP contribution in [0.15, 0.2) is 22.9 Å². The van der Waals surface area contributed by atoms with Crippen LogP contribution in [-0.4, -0.2) is 31.6 Å². The van der Waals surface area contributed by atoms with Gasteiger partial charge in [-0.15, -0.1) is 0 Å². The number of nitrogens with one attached hydrogen (secondary N) is 1. The summed E-state index contributed by atoms with van der Waals surface area (Å²) < 4.78 is 45.1. The van der Waals surface area contributed by atoms with Gasteiger partial charge in [-0.1, -0.05) is 5.16 Å². The van der Waals surface area contributed by atoms with Crippen molar-refractivity contribution in [2.24, 2.45) is 0 Å². The highest BCUT2D eigenvalue weighted by Gasteiger charge is 2.29. The number of halogens is 3. The minimum absolute atomic E-state index is 0.228. The van der Waals surface area contributed by atoms with Gasteiger partial charge < -0.3 is 9.84 Å². The Balaban J connectivity index is 1.85. The van der Waals surface area contributed by atoms with Crippen LogP contribution < -0.4 is 5.32 Å². The molecule has 0 radical (unpaired) electrons. The van der Waals surface area contributed by atoms with Crippen molar-refractivity contribution in [1.82, 2.24) is 19.5 Å². The highest BCUT2D eigenvalue weighted by Crippen LogP contribution is 2.23. The number of anilines is 1. The maximum Gasteiger partial charge on any atom is 0.408 e. The van der Waals surface area contributed by atoms with E-state index in [2.05, 4.69) is 15.6 Å². The maximum atomic E-state index is 12.7. The molecule has 10 heteroatoms. The predicted molar refractivity (Wildman–Crippen MR) is 91.0 cm³/mol. The number of aryl methyl sites for hydroxylation is 3. The standard InChI is InChI=1S/C17H18F3N5O2/c1-9-5-13(12(4)25(9)15-6-10(2)27-23-15)16(26)21-14-7-24(22-11(14)3)8-17(18,19)20/h5-7H,8H2,1-4H3,(H,21,26). The summed E-state index contributed by atoms with van der Waals surface area (Å²) in [5.74, 6) is 0.746. The number of carbonyl (C=O) groups is 1. The van der Waals surface area contributed by atoms with E-state index < -0.39 is 18.6 Å². The lowest BCUT2D eigenvalue weighted by atomic mass is 10.2. The van der Waals surface area contributed by atoms with Crippen LogP contribution in [0.1, 0.15) is 33.2 Å². The molecular formula is C17H18F3N5O2. The van der Waals surface area contributed by atoms with Crippen LogP contribution in [0.3, 0.4) is 0 Å². The molecular weight excluding hydrogens is 363 g/mol. The molecule has 0 aliphatic rings. The number of rotatable bonds is 4. The zero-order valence-electron chi connectivity index (χ0n) is 15.2. The summed E-state index contributed by atoms with van der Waals surface area (Å²) in [6.45, 7) is 5.65. The second-order valence-electron chi connectivity index (χ2n) is 6.31. The second-order valence-corrected chi connectivity index (χ2v) is 6.31. The SMILES string of the molecule is Cc1cc(-n2c(C)cc(C(=O)Nc3cn(CC(F)(F)F)nc3C)c2C)no1. The molecule has 3 heterocycles. The molecule has 0 unspecified atom stereocenters. The van der Waals surface area contributed by atoms with E-state index in [1.165, 1.54) is 13.1 Å². The van der Waals surface area contributed by atoms with Gasteiger partial charge in [-0.2, -0.15) is 18.3 Å². The first-order valence-electron chi connectivity index (χ1n) is 8.10. The Hall–Kier alpha value is -3.04. The molecule has 3 aromatic rings. The molecule has 144 valence electrons. The molecule has 0 atom stereocenters. The van der Waals surface area contributed by atoms with E-state index in [4.69, 9.17) is 4.52 Å². The monoisotopic (exact) mass is 381 g/mol. The van der Waals surface area contributed by atoms with Crippen molar-refractivity contribution in [3.05, 3.63) is 46.7 Å². The van der Waals surface area contributed by atoms with Gasteiger partial charge in [-0.05, 0) is 33.8 Å². The van der Waals surface area contributed by atoms with E-state index in [1.54, 1.807) is 30.5 Å². The Kier molecular flexibility index (Phi) is 4.58. The van der Waals surface area contributed by atoms with Gasteiger partial charge in [-0.3, -0.25) is 14.0 Å². The van der Waals surface area contributed by atoms with E-state index in [0.717, 1.165) is 10.4 Å². The normalized spacial score (nSPS) is 11.8. The Morgan fingerprint density at radius 3 is 2.52 bits per heavy atom. The van der Waals surface area contributed by atoms with Crippen molar-refractivity contribution < 1.29 is 22.5 Å². The van der Waals surface area contributed by atoms with Crippen LogP contribution in [-0.2, 0) is 6.54 Å². The van der Waals surface area contributed by atoms with Gasteiger partial charge in [0.05, 0.1) is 16.9 Å². The van der Waals surface area contributed by atoms with Gasteiger partial charge in [0.15, 0.2) is 5.82 Å². The summed E-state index contributed by atoms with van der Waals surface area (Å²) >= 11 is 0. The van der Waals surface area contributed by atoms with Crippen molar-refractivity contribution in [3.63, 3.8) is 0 Å². The number of amides is 1. The average Bonchev–Trinajstić information content (AvgIpc) is 3.17. The quantitative estimate of drug-likeness (QED) is 0.747. The number of alkyl halides is 3. The topological polar surface area (TPSA) is 77.9 Å². The van der Waals surface area contributed by atoms with E-state index in [0.29, 0.717) is 28.5 Å². The highest BCUT2D eigenvalue weighted by atomic mass is 19.4. The summed E-state index contributed by atoms with van der Waals surface area (Å²) in [5.41, 5.74) is 2.32. The fourth-order valence-electron chi connectivity index (χ4n) is 2.90. The number of hydrogen-bond donors (Lipinski definition) is 1. The van der Waals surface area contributed by atoms with Crippen molar-refractivity contribution in [2.45, 2.75) is 40.4 Å². The van der Waals surface area contributed by atoms with Crippen LogP contribution in [0.2, 0.25) is 0 Å². The molecule has 0 aromatic carbocycles. The average molecular weight is 381 g/mol. The van der Waals surface area contributed by atoms with E-state index in [1.807, 2.05) is 6.92 Å². The van der Waals surface area contributed by atoms with Gasteiger partial charge in [0.2, 0.25) is 0 Å². The molecule has 0 saturated carbocycles. The molecule has 0 bridgehead atoms. The number of hydrogen-bond acceptors (Lipinski definition) is 4. The zero-order chi connectivity index (χ0) is 19.9. The van der Waals surface area contributed by atoms with Crippen LogP contribution in [0, 0.1) is 27.7 Å². The molecule has 0 aliphatic carbocycles. The van der Waals surface area contributed by atoms with Crippen LogP contribution >= 0.6 is 0 Å². The van der Waals surface area contributed by atoms with Crippen molar-refractivity contribution in [3.8, 4) is 5.82 Å². The fraction of sp³-hybridized carbons (Fsp3) is 0.353. The predicted octanol–water partition coefficient (Wildman–Crippen LogP) is 3.71. The molecule has 3 aromatic heterocycles. The van der Waals surface area contributed by atoms with Gasteiger partial charge in [0.25, 0.3) is 5.91 Å². The highest BCUT2D eigenvalue weighted by molar-refractivity contribution is 6.05. The molecule has 0 aliphatic heterocycles. The number of nitrogens with zero attached hydrogens (tertiary/aromatic N) is 4. The van der Waals surface area contributed by atoms with Crippen LogP contribution in [0.25, 0.3) is 5.82 Å². The van der Waals surface area contributed by atoms with Crippen molar-refractivity contribution in [1.29, 1.82) is 0 Å². The van der Waals surface area contributed by atoms with E-state index in [9.17, 15) is 18.0 Å². The molecule has 0 spiro atoms. The summed E-state index contributed by atoms with van der Waals surface area (Å²) in [6.07, 6.45) is -3.22. The first kappa shape index (κ1) is 18.7. The van der Waals surface area contributed by atoms with Crippen LogP contribution in [0.5, 0.6) is 0 Å². The summed E-state index contributed by atoms with van der Waals surface area (Å²) in [6, 6.07) is 3.43. The summed E-state index contributed by atoms with van der Waals surface area (Å²) in [4.78, 5) is 12.7. The zero-order valence-corrected chi connectivity index (χ0v) is 15.2. The number of carbonyl (C=O) groups excluding carboxylic acids is 1. The third kappa shape index (κ3) is 3.88. The van der Waals surface area contributed by atoms with Gasteiger partial charge in [-0.25, -0.2) is 0 Å². The number of aromatic nitrogens is 4. The first-order chi connectivity index (χ1) is 12.5. The summed E-state index contributed by atoms with van der Waals surface area (Å²) in [7, 11) is 0. The van der Waals surface area contributed by atoms with E-state index in [-0.39, 0.29) is 5.69 Å². The lowest BCUT2D eigenvalue weighted by Crippen LogP contribution is -2.18. The van der Waals surface area contributed by atoms with Gasteiger partial charge >= 0.3 is 6.18 Å². The molecule has 7 nitrogen and oxygen atoms in total. The Morgan fingerprint density at radius 2 is 1.93 bits per heavy atom. The Morgan fingerprint density at radius 1 is 1.22 bits per heavy atom. The van der Waals surface area contributed by atoms with Gasteiger partial charge in [0.1, 0.15) is 12.3 Å². The lowest BCUT2D eigenvalue weighted by Gasteiger charge is -2.06. The second kappa shape index (κ2) is 6.60. The third-order valence-corrected chi connectivity index (χ3v) is 4.06. The molecule has 27 heavy (non-hydrogen) atoms. The minimum atomic E-state index is -4.39. The minimum Gasteiger partial charge on any atom is -0.360 e. The largest absolute Gasteiger partial charge is 0.408 e. The van der Waals surface area contributed by atoms with E-state index >= 15 is 0 Å². The summed E-state index contributed by atoms with van der Waals surface area (Å²) in [5, 5.41) is 10.4. The molecule has 0 fully saturated rings. The third-order valence-electron chi connectivity index (χ3n) is 4.06.